The highest BCUT2D eigenvalue weighted by Gasteiger charge is 2.16. The van der Waals surface area contributed by atoms with Crippen LogP contribution in [0.4, 0.5) is 17.1 Å². The Morgan fingerprint density at radius 3 is 2.21 bits per heavy atom. The van der Waals surface area contributed by atoms with Crippen molar-refractivity contribution in [1.82, 2.24) is 0 Å². The normalized spacial score (nSPS) is 10.2. The van der Waals surface area contributed by atoms with Crippen molar-refractivity contribution in [3.05, 3.63) is 94.5 Å². The molecule has 0 spiro atoms. The zero-order valence-electron chi connectivity index (χ0n) is 12.9. The van der Waals surface area contributed by atoms with Crippen LogP contribution in [0.25, 0.3) is 0 Å². The molecule has 3 aromatic rings. The maximum absolute atomic E-state index is 11.2. The van der Waals surface area contributed by atoms with Gasteiger partial charge < -0.3 is 10.1 Å². The van der Waals surface area contributed by atoms with Gasteiger partial charge in [-0.2, -0.15) is 0 Å². The molecule has 0 heterocycles. The van der Waals surface area contributed by atoms with Gasteiger partial charge in [-0.25, -0.2) is 0 Å². The SMILES string of the molecule is O=[N+]([O-])c1ccc(Nc2ccccc2)cc1OCc1ccccc1. The molecule has 0 atom stereocenters. The van der Waals surface area contributed by atoms with Crippen LogP contribution in [0.1, 0.15) is 5.56 Å². The van der Waals surface area contributed by atoms with Gasteiger partial charge in [-0.3, -0.25) is 10.1 Å². The van der Waals surface area contributed by atoms with Crippen LogP contribution in [0, 0.1) is 10.1 Å². The van der Waals surface area contributed by atoms with Gasteiger partial charge in [-0.05, 0) is 23.8 Å². The summed E-state index contributed by atoms with van der Waals surface area (Å²) in [6.07, 6.45) is 0. The first-order chi connectivity index (χ1) is 11.7. The second-order valence-electron chi connectivity index (χ2n) is 5.20. The zero-order valence-corrected chi connectivity index (χ0v) is 12.9. The Balaban J connectivity index is 1.82. The van der Waals surface area contributed by atoms with Crippen LogP contribution in [0.15, 0.2) is 78.9 Å². The summed E-state index contributed by atoms with van der Waals surface area (Å²) < 4.78 is 5.68. The van der Waals surface area contributed by atoms with Crippen LogP contribution in [-0.2, 0) is 6.61 Å². The van der Waals surface area contributed by atoms with Crippen molar-refractivity contribution in [3.8, 4) is 5.75 Å². The van der Waals surface area contributed by atoms with Crippen LogP contribution < -0.4 is 10.1 Å². The van der Waals surface area contributed by atoms with Gasteiger partial charge in [-0.1, -0.05) is 48.5 Å². The summed E-state index contributed by atoms with van der Waals surface area (Å²) in [5.41, 5.74) is 2.54. The molecule has 0 fully saturated rings. The third kappa shape index (κ3) is 3.89. The Hall–Kier alpha value is -3.34. The lowest BCUT2D eigenvalue weighted by Gasteiger charge is -2.10. The molecule has 0 radical (unpaired) electrons. The lowest BCUT2D eigenvalue weighted by atomic mass is 10.2. The average Bonchev–Trinajstić information content (AvgIpc) is 2.61. The third-order valence-corrected chi connectivity index (χ3v) is 3.46. The Kier molecular flexibility index (Phi) is 4.72. The molecule has 3 rings (SSSR count). The minimum atomic E-state index is -0.438. The average molecular weight is 320 g/mol. The minimum Gasteiger partial charge on any atom is -0.482 e. The van der Waals surface area contributed by atoms with E-state index in [2.05, 4.69) is 5.32 Å². The van der Waals surface area contributed by atoms with Crippen molar-refractivity contribution in [2.75, 3.05) is 5.32 Å². The van der Waals surface area contributed by atoms with E-state index in [1.807, 2.05) is 60.7 Å². The summed E-state index contributed by atoms with van der Waals surface area (Å²) in [4.78, 5) is 10.8. The number of nitro groups is 1. The highest BCUT2D eigenvalue weighted by Crippen LogP contribution is 2.32. The Morgan fingerprint density at radius 1 is 0.875 bits per heavy atom. The van der Waals surface area contributed by atoms with Crippen molar-refractivity contribution in [3.63, 3.8) is 0 Å². The fraction of sp³-hybridized carbons (Fsp3) is 0.0526. The number of para-hydroxylation sites is 1. The van der Waals surface area contributed by atoms with Gasteiger partial charge >= 0.3 is 5.69 Å². The summed E-state index contributed by atoms with van der Waals surface area (Å²) in [6, 6.07) is 23.9. The van der Waals surface area contributed by atoms with E-state index in [9.17, 15) is 10.1 Å². The van der Waals surface area contributed by atoms with Crippen LogP contribution in [-0.4, -0.2) is 4.92 Å². The molecule has 0 saturated heterocycles. The molecule has 0 amide bonds. The highest BCUT2D eigenvalue weighted by molar-refractivity contribution is 5.64. The monoisotopic (exact) mass is 320 g/mol. The van der Waals surface area contributed by atoms with Crippen molar-refractivity contribution < 1.29 is 9.66 Å². The van der Waals surface area contributed by atoms with Gasteiger partial charge in [0, 0.05) is 23.5 Å². The fourth-order valence-electron chi connectivity index (χ4n) is 2.28. The van der Waals surface area contributed by atoms with Gasteiger partial charge in [0.2, 0.25) is 0 Å². The molecule has 1 N–H and O–H groups in total. The molecule has 0 saturated carbocycles. The van der Waals surface area contributed by atoms with E-state index < -0.39 is 4.92 Å². The largest absolute Gasteiger partial charge is 0.482 e. The van der Waals surface area contributed by atoms with Gasteiger partial charge in [0.05, 0.1) is 4.92 Å². The topological polar surface area (TPSA) is 64.4 Å². The third-order valence-electron chi connectivity index (χ3n) is 3.46. The number of benzene rings is 3. The first kappa shape index (κ1) is 15.6. The second kappa shape index (κ2) is 7.28. The molecular formula is C19H16N2O3. The molecule has 0 aromatic heterocycles. The smallest absolute Gasteiger partial charge is 0.311 e. The summed E-state index contributed by atoms with van der Waals surface area (Å²) in [5.74, 6) is 0.241. The van der Waals surface area contributed by atoms with Crippen molar-refractivity contribution >= 4 is 17.1 Å². The fourth-order valence-corrected chi connectivity index (χ4v) is 2.28. The number of ether oxygens (including phenoxy) is 1. The lowest BCUT2D eigenvalue weighted by Crippen LogP contribution is -2.00. The van der Waals surface area contributed by atoms with Gasteiger partial charge in [0.25, 0.3) is 0 Å². The summed E-state index contributed by atoms with van der Waals surface area (Å²) >= 11 is 0. The Morgan fingerprint density at radius 2 is 1.54 bits per heavy atom. The first-order valence-electron chi connectivity index (χ1n) is 7.49. The van der Waals surface area contributed by atoms with Gasteiger partial charge in [-0.15, -0.1) is 0 Å². The summed E-state index contributed by atoms with van der Waals surface area (Å²) in [7, 11) is 0. The quantitative estimate of drug-likeness (QED) is 0.517. The predicted molar refractivity (Wildman–Crippen MR) is 93.6 cm³/mol. The first-order valence-corrected chi connectivity index (χ1v) is 7.49. The van der Waals surface area contributed by atoms with Crippen LogP contribution in [0.2, 0.25) is 0 Å². The summed E-state index contributed by atoms with van der Waals surface area (Å²) in [5, 5.41) is 14.4. The van der Waals surface area contributed by atoms with Crippen molar-refractivity contribution in [2.45, 2.75) is 6.61 Å². The van der Waals surface area contributed by atoms with Gasteiger partial charge in [0.15, 0.2) is 5.75 Å². The lowest BCUT2D eigenvalue weighted by molar-refractivity contribution is -0.385. The Labute approximate surface area is 139 Å². The molecule has 0 aliphatic rings. The molecular weight excluding hydrogens is 304 g/mol. The zero-order chi connectivity index (χ0) is 16.8. The van der Waals surface area contributed by atoms with Crippen molar-refractivity contribution in [2.24, 2.45) is 0 Å². The van der Waals surface area contributed by atoms with E-state index in [1.54, 1.807) is 12.1 Å². The molecule has 0 aliphatic carbocycles. The number of hydrogen-bond donors (Lipinski definition) is 1. The standard InChI is InChI=1S/C19H16N2O3/c22-21(23)18-12-11-17(20-16-9-5-2-6-10-16)13-19(18)24-14-15-7-3-1-4-8-15/h1-13,20H,14H2. The van der Waals surface area contributed by atoms with E-state index >= 15 is 0 Å². The molecule has 5 heteroatoms. The van der Waals surface area contributed by atoms with Crippen LogP contribution in [0.5, 0.6) is 5.75 Å². The maximum Gasteiger partial charge on any atom is 0.311 e. The second-order valence-corrected chi connectivity index (χ2v) is 5.20. The van der Waals surface area contributed by atoms with E-state index in [1.165, 1.54) is 6.07 Å². The molecule has 3 aromatic carbocycles. The summed E-state index contributed by atoms with van der Waals surface area (Å²) in [6.45, 7) is 0.274. The molecule has 5 nitrogen and oxygen atoms in total. The number of rotatable bonds is 6. The number of anilines is 2. The highest BCUT2D eigenvalue weighted by atomic mass is 16.6. The van der Waals surface area contributed by atoms with E-state index in [-0.39, 0.29) is 18.0 Å². The van der Waals surface area contributed by atoms with E-state index in [4.69, 9.17) is 4.74 Å². The number of hydrogen-bond acceptors (Lipinski definition) is 4. The Bertz CT molecular complexity index is 821. The van der Waals surface area contributed by atoms with Crippen molar-refractivity contribution in [1.29, 1.82) is 0 Å². The predicted octanol–water partition coefficient (Wildman–Crippen LogP) is 4.92. The van der Waals surface area contributed by atoms with E-state index in [0.29, 0.717) is 0 Å². The molecule has 24 heavy (non-hydrogen) atoms. The molecule has 0 bridgehead atoms. The number of nitrogens with zero attached hydrogens (tertiary/aromatic N) is 1. The minimum absolute atomic E-state index is 0.0513. The van der Waals surface area contributed by atoms with Crippen LogP contribution in [0.3, 0.4) is 0 Å². The molecule has 120 valence electrons. The number of nitro benzene ring substituents is 1. The van der Waals surface area contributed by atoms with E-state index in [0.717, 1.165) is 16.9 Å². The molecule has 0 unspecified atom stereocenters. The maximum atomic E-state index is 11.2. The number of nitrogens with one attached hydrogen (secondary N) is 1. The van der Waals surface area contributed by atoms with Gasteiger partial charge in [0.1, 0.15) is 6.61 Å². The van der Waals surface area contributed by atoms with Crippen LogP contribution >= 0.6 is 0 Å². The molecule has 0 aliphatic heterocycles.